The Hall–Kier alpha value is -2.61. The van der Waals surface area contributed by atoms with Crippen LogP contribution in [-0.2, 0) is 16.1 Å². The molecule has 1 aromatic rings. The molecule has 0 bridgehead atoms. The fourth-order valence-corrected chi connectivity index (χ4v) is 4.28. The quantitative estimate of drug-likeness (QED) is 0.372. The minimum absolute atomic E-state index is 0.0336. The highest BCUT2D eigenvalue weighted by Gasteiger charge is 2.31. The molecule has 1 atom stereocenters. The minimum Gasteiger partial charge on any atom is -0.356 e. The van der Waals surface area contributed by atoms with Gasteiger partial charge in [-0.2, -0.15) is 0 Å². The van der Waals surface area contributed by atoms with Crippen LogP contribution in [0.25, 0.3) is 0 Å². The van der Waals surface area contributed by atoms with E-state index in [0.717, 1.165) is 69.1 Å². The second-order valence-electron chi connectivity index (χ2n) is 8.45. The number of hydrogen-bond donors (Lipinski definition) is 2. The van der Waals surface area contributed by atoms with E-state index in [2.05, 4.69) is 32.7 Å². The Morgan fingerprint density at radius 3 is 2.58 bits per heavy atom. The molecule has 1 unspecified atom stereocenters. The van der Waals surface area contributed by atoms with E-state index in [9.17, 15) is 9.59 Å². The number of anilines is 1. The van der Waals surface area contributed by atoms with Gasteiger partial charge in [0.1, 0.15) is 0 Å². The van der Waals surface area contributed by atoms with Crippen LogP contribution in [0.15, 0.2) is 29.3 Å². The van der Waals surface area contributed by atoms with E-state index >= 15 is 0 Å². The first-order valence-electron chi connectivity index (χ1n) is 11.3. The summed E-state index contributed by atoms with van der Waals surface area (Å²) in [4.78, 5) is 34.3. The number of aliphatic imine (C=N–C) groups is 1. The van der Waals surface area contributed by atoms with Gasteiger partial charge in [0.2, 0.25) is 11.8 Å². The number of nitrogens with one attached hydrogen (secondary N) is 2. The maximum absolute atomic E-state index is 12.3. The molecule has 8 heteroatoms. The normalized spacial score (nSPS) is 19.7. The van der Waals surface area contributed by atoms with Gasteiger partial charge >= 0.3 is 0 Å². The Morgan fingerprint density at radius 1 is 1.16 bits per heavy atom. The third kappa shape index (κ3) is 6.19. The molecular formula is C23H36N6O2. The highest BCUT2D eigenvalue weighted by Crippen LogP contribution is 2.21. The summed E-state index contributed by atoms with van der Waals surface area (Å²) < 4.78 is 0. The van der Waals surface area contributed by atoms with E-state index in [-0.39, 0.29) is 17.9 Å². The average molecular weight is 429 g/mol. The average Bonchev–Trinajstić information content (AvgIpc) is 3.42. The van der Waals surface area contributed by atoms with Gasteiger partial charge in [-0.3, -0.25) is 19.5 Å². The molecule has 0 radical (unpaired) electrons. The summed E-state index contributed by atoms with van der Waals surface area (Å²) in [5.41, 5.74) is 2.11. The van der Waals surface area contributed by atoms with Crippen LogP contribution in [0.2, 0.25) is 0 Å². The van der Waals surface area contributed by atoms with Gasteiger partial charge in [0.25, 0.3) is 0 Å². The molecule has 0 aromatic heterocycles. The Morgan fingerprint density at radius 2 is 1.94 bits per heavy atom. The zero-order valence-electron chi connectivity index (χ0n) is 19.1. The minimum atomic E-state index is 0.0336. The number of amides is 2. The van der Waals surface area contributed by atoms with Gasteiger partial charge in [0.15, 0.2) is 5.96 Å². The van der Waals surface area contributed by atoms with Crippen molar-refractivity contribution in [3.8, 4) is 0 Å². The monoisotopic (exact) mass is 428 g/mol. The Labute approximate surface area is 185 Å². The van der Waals surface area contributed by atoms with E-state index < -0.39 is 0 Å². The van der Waals surface area contributed by atoms with Crippen molar-refractivity contribution in [3.63, 3.8) is 0 Å². The van der Waals surface area contributed by atoms with Gasteiger partial charge in [0.05, 0.1) is 6.04 Å². The highest BCUT2D eigenvalue weighted by molar-refractivity contribution is 5.95. The van der Waals surface area contributed by atoms with Crippen LogP contribution < -0.4 is 15.5 Å². The molecule has 2 amide bonds. The summed E-state index contributed by atoms with van der Waals surface area (Å²) in [7, 11) is 5.43. The molecule has 2 saturated heterocycles. The molecular weight excluding hydrogens is 392 g/mol. The molecule has 8 nitrogen and oxygen atoms in total. The summed E-state index contributed by atoms with van der Waals surface area (Å²) in [6.07, 6.45) is 4.59. The first-order valence-corrected chi connectivity index (χ1v) is 11.3. The lowest BCUT2D eigenvalue weighted by atomic mass is 10.2. The summed E-state index contributed by atoms with van der Waals surface area (Å²) in [6, 6.07) is 8.16. The summed E-state index contributed by atoms with van der Waals surface area (Å²) in [6.45, 7) is 4.18. The molecule has 2 N–H and O–H groups in total. The molecule has 2 heterocycles. The van der Waals surface area contributed by atoms with Crippen molar-refractivity contribution in [2.45, 2.75) is 44.7 Å². The number of rotatable bonds is 8. The highest BCUT2D eigenvalue weighted by atomic mass is 16.2. The van der Waals surface area contributed by atoms with Gasteiger partial charge in [-0.25, -0.2) is 0 Å². The van der Waals surface area contributed by atoms with E-state index in [0.29, 0.717) is 13.0 Å². The van der Waals surface area contributed by atoms with E-state index in [1.165, 1.54) is 0 Å². The van der Waals surface area contributed by atoms with E-state index in [1.807, 2.05) is 31.1 Å². The molecule has 31 heavy (non-hydrogen) atoms. The zero-order chi connectivity index (χ0) is 22.2. The lowest BCUT2D eigenvalue weighted by molar-refractivity contribution is -0.133. The Kier molecular flexibility index (Phi) is 8.28. The van der Waals surface area contributed by atoms with Gasteiger partial charge in [-0.1, -0.05) is 12.1 Å². The third-order valence-corrected chi connectivity index (χ3v) is 6.01. The number of benzene rings is 1. The largest absolute Gasteiger partial charge is 0.356 e. The van der Waals surface area contributed by atoms with Crippen LogP contribution in [-0.4, -0.2) is 80.9 Å². The topological polar surface area (TPSA) is 80.3 Å². The molecule has 170 valence electrons. The third-order valence-electron chi connectivity index (χ3n) is 6.01. The molecule has 0 aliphatic carbocycles. The van der Waals surface area contributed by atoms with E-state index in [1.54, 1.807) is 11.9 Å². The number of carbonyl (C=O) groups excluding carboxylic acids is 2. The predicted molar refractivity (Wildman–Crippen MR) is 124 cm³/mol. The number of guanidine groups is 1. The lowest BCUT2D eigenvalue weighted by Gasteiger charge is -2.26. The number of likely N-dealkylation sites (tertiary alicyclic amines) is 1. The standard InChI is InChI=1S/C23H36N6O2/c1-24-23(25-13-6-15-28-14-4-7-20(28)22(31)27(2)3)26-17-18-9-11-19(12-10-18)29-16-5-8-21(29)30/h9-12,20H,4-8,13-17H2,1-3H3,(H2,24,25,26). The second kappa shape index (κ2) is 11.1. The van der Waals surface area contributed by atoms with Crippen LogP contribution >= 0.6 is 0 Å². The zero-order valence-corrected chi connectivity index (χ0v) is 19.1. The fraction of sp³-hybridized carbons (Fsp3) is 0.609. The van der Waals surface area contributed by atoms with Crippen LogP contribution in [0, 0.1) is 0 Å². The molecule has 2 aliphatic heterocycles. The lowest BCUT2D eigenvalue weighted by Crippen LogP contribution is -2.44. The number of carbonyl (C=O) groups is 2. The second-order valence-corrected chi connectivity index (χ2v) is 8.45. The number of hydrogen-bond acceptors (Lipinski definition) is 4. The van der Waals surface area contributed by atoms with Crippen molar-refractivity contribution in [1.82, 2.24) is 20.4 Å². The van der Waals surface area contributed by atoms with Crippen molar-refractivity contribution in [2.24, 2.45) is 4.99 Å². The van der Waals surface area contributed by atoms with Gasteiger partial charge < -0.3 is 20.4 Å². The first kappa shape index (κ1) is 23.1. The van der Waals surface area contributed by atoms with E-state index in [4.69, 9.17) is 0 Å². The number of nitrogens with zero attached hydrogens (tertiary/aromatic N) is 4. The Balaban J connectivity index is 1.38. The summed E-state index contributed by atoms with van der Waals surface area (Å²) >= 11 is 0. The van der Waals surface area contributed by atoms with Gasteiger partial charge in [0, 0.05) is 59.4 Å². The van der Waals surface area contributed by atoms with Crippen LogP contribution in [0.4, 0.5) is 5.69 Å². The summed E-state index contributed by atoms with van der Waals surface area (Å²) in [5.74, 6) is 1.19. The van der Waals surface area contributed by atoms with Gasteiger partial charge in [-0.05, 0) is 49.9 Å². The molecule has 2 fully saturated rings. The Bertz CT molecular complexity index is 777. The molecule has 0 saturated carbocycles. The van der Waals surface area contributed by atoms with Crippen LogP contribution in [0.3, 0.4) is 0 Å². The van der Waals surface area contributed by atoms with Crippen LogP contribution in [0.1, 0.15) is 37.7 Å². The maximum atomic E-state index is 12.3. The first-order chi connectivity index (χ1) is 15.0. The molecule has 2 aliphatic rings. The fourth-order valence-electron chi connectivity index (χ4n) is 4.28. The van der Waals surface area contributed by atoms with Crippen molar-refractivity contribution < 1.29 is 9.59 Å². The van der Waals surface area contributed by atoms with Crippen molar-refractivity contribution in [3.05, 3.63) is 29.8 Å². The SMILES string of the molecule is CN=C(NCCCN1CCCC1C(=O)N(C)C)NCc1ccc(N2CCCC2=O)cc1. The molecule has 1 aromatic carbocycles. The van der Waals surface area contributed by atoms with Gasteiger partial charge in [-0.15, -0.1) is 0 Å². The predicted octanol–water partition coefficient (Wildman–Crippen LogP) is 1.42. The smallest absolute Gasteiger partial charge is 0.239 e. The molecule has 0 spiro atoms. The van der Waals surface area contributed by atoms with Crippen molar-refractivity contribution in [1.29, 1.82) is 0 Å². The maximum Gasteiger partial charge on any atom is 0.239 e. The molecule has 3 rings (SSSR count). The van der Waals surface area contributed by atoms with Crippen molar-refractivity contribution in [2.75, 3.05) is 52.2 Å². The summed E-state index contributed by atoms with van der Waals surface area (Å²) in [5, 5.41) is 6.69. The van der Waals surface area contributed by atoms with Crippen molar-refractivity contribution >= 4 is 23.5 Å². The number of likely N-dealkylation sites (N-methyl/N-ethyl adjacent to an activating group) is 1. The van der Waals surface area contributed by atoms with Crippen LogP contribution in [0.5, 0.6) is 0 Å².